The number of aliphatic carboxylic acids is 1. The first-order valence-electron chi connectivity index (χ1n) is 6.91. The predicted molar refractivity (Wildman–Crippen MR) is 80.8 cm³/mol. The second kappa shape index (κ2) is 6.87. The van der Waals surface area contributed by atoms with Gasteiger partial charge in [-0.15, -0.1) is 0 Å². The van der Waals surface area contributed by atoms with E-state index in [4.69, 9.17) is 26.2 Å². The Morgan fingerprint density at radius 2 is 1.95 bits per heavy atom. The summed E-state index contributed by atoms with van der Waals surface area (Å²) in [5.41, 5.74) is 0.305. The second-order valence-corrected chi connectivity index (χ2v) is 5.52. The first-order chi connectivity index (χ1) is 10.5. The van der Waals surface area contributed by atoms with Gasteiger partial charge in [-0.05, 0) is 18.9 Å². The Kier molecular flexibility index (Phi) is 5.13. The van der Waals surface area contributed by atoms with Crippen LogP contribution < -0.4 is 9.47 Å². The van der Waals surface area contributed by atoms with Crippen LogP contribution in [-0.2, 0) is 4.79 Å². The maximum atomic E-state index is 12.7. The van der Waals surface area contributed by atoms with E-state index in [0.29, 0.717) is 41.5 Å². The highest BCUT2D eigenvalue weighted by molar-refractivity contribution is 6.32. The topological polar surface area (TPSA) is 76.1 Å². The van der Waals surface area contributed by atoms with E-state index in [1.54, 1.807) is 6.07 Å². The van der Waals surface area contributed by atoms with E-state index in [1.165, 1.54) is 25.2 Å². The van der Waals surface area contributed by atoms with Crippen LogP contribution in [0.4, 0.5) is 0 Å². The van der Waals surface area contributed by atoms with E-state index < -0.39 is 11.9 Å². The van der Waals surface area contributed by atoms with Gasteiger partial charge in [0.1, 0.15) is 11.5 Å². The molecule has 1 heterocycles. The Morgan fingerprint density at radius 3 is 2.55 bits per heavy atom. The maximum absolute atomic E-state index is 12.7. The summed E-state index contributed by atoms with van der Waals surface area (Å²) in [6, 6.07) is 3.04. The molecule has 0 spiro atoms. The van der Waals surface area contributed by atoms with Gasteiger partial charge in [0.15, 0.2) is 0 Å². The zero-order valence-electron chi connectivity index (χ0n) is 12.5. The number of halogens is 1. The molecule has 1 aromatic rings. The van der Waals surface area contributed by atoms with Crippen LogP contribution in [0.25, 0.3) is 0 Å². The number of likely N-dealkylation sites (tertiary alicyclic amines) is 1. The molecule has 1 aliphatic rings. The minimum atomic E-state index is -0.878. The number of rotatable bonds is 4. The second-order valence-electron chi connectivity index (χ2n) is 5.12. The first-order valence-corrected chi connectivity index (χ1v) is 7.29. The molecule has 1 N–H and O–H groups in total. The van der Waals surface area contributed by atoms with E-state index >= 15 is 0 Å². The Morgan fingerprint density at radius 1 is 1.27 bits per heavy atom. The standard InChI is InChI=1S/C15H18ClNO5/c1-21-12-7-13(22-2)11(16)6-10(12)14(18)17-5-3-4-9(8-17)15(19)20/h6-7,9H,3-5,8H2,1-2H3,(H,19,20). The van der Waals surface area contributed by atoms with Gasteiger partial charge in [-0.25, -0.2) is 0 Å². The lowest BCUT2D eigenvalue weighted by Gasteiger charge is -2.31. The molecule has 1 saturated heterocycles. The molecular formula is C15H18ClNO5. The zero-order valence-corrected chi connectivity index (χ0v) is 13.2. The van der Waals surface area contributed by atoms with Crippen molar-refractivity contribution in [3.63, 3.8) is 0 Å². The number of hydrogen-bond acceptors (Lipinski definition) is 4. The van der Waals surface area contributed by atoms with E-state index in [2.05, 4.69) is 0 Å². The summed E-state index contributed by atoms with van der Waals surface area (Å²) in [7, 11) is 2.93. The Labute approximate surface area is 133 Å². The van der Waals surface area contributed by atoms with Gasteiger partial charge in [-0.2, -0.15) is 0 Å². The number of piperidine rings is 1. The summed E-state index contributed by atoms with van der Waals surface area (Å²) in [5, 5.41) is 9.43. The van der Waals surface area contributed by atoms with Gasteiger partial charge >= 0.3 is 5.97 Å². The monoisotopic (exact) mass is 327 g/mol. The van der Waals surface area contributed by atoms with Crippen LogP contribution in [0.1, 0.15) is 23.2 Å². The molecule has 0 aromatic heterocycles. The van der Waals surface area contributed by atoms with Crippen molar-refractivity contribution < 1.29 is 24.2 Å². The van der Waals surface area contributed by atoms with Gasteiger partial charge in [0.05, 0.1) is 30.7 Å². The van der Waals surface area contributed by atoms with Crippen LogP contribution in [-0.4, -0.2) is 49.2 Å². The average molecular weight is 328 g/mol. The number of carbonyl (C=O) groups excluding carboxylic acids is 1. The molecular weight excluding hydrogens is 310 g/mol. The molecule has 0 radical (unpaired) electrons. The predicted octanol–water partition coefficient (Wildman–Crippen LogP) is 2.29. The zero-order chi connectivity index (χ0) is 16.3. The highest BCUT2D eigenvalue weighted by Crippen LogP contribution is 2.33. The summed E-state index contributed by atoms with van der Waals surface area (Å²) in [5.74, 6) is -0.928. The minimum absolute atomic E-state index is 0.195. The van der Waals surface area contributed by atoms with Crippen LogP contribution in [0.2, 0.25) is 5.02 Å². The third-order valence-corrected chi connectivity index (χ3v) is 4.06. The summed E-state index contributed by atoms with van der Waals surface area (Å²) in [6.45, 7) is 0.719. The molecule has 1 unspecified atom stereocenters. The summed E-state index contributed by atoms with van der Waals surface area (Å²) in [6.07, 6.45) is 1.24. The molecule has 2 rings (SSSR count). The fraction of sp³-hybridized carbons (Fsp3) is 0.467. The van der Waals surface area contributed by atoms with Crippen molar-refractivity contribution in [1.82, 2.24) is 4.90 Å². The number of hydrogen-bond donors (Lipinski definition) is 1. The Hall–Kier alpha value is -1.95. The maximum Gasteiger partial charge on any atom is 0.308 e. The number of carboxylic acids is 1. The van der Waals surface area contributed by atoms with E-state index in [1.807, 2.05) is 0 Å². The van der Waals surface area contributed by atoms with Crippen LogP contribution in [0.3, 0.4) is 0 Å². The fourth-order valence-electron chi connectivity index (χ4n) is 2.56. The Balaban J connectivity index is 2.28. The normalized spacial score (nSPS) is 18.0. The SMILES string of the molecule is COc1cc(OC)c(C(=O)N2CCCC(C(=O)O)C2)cc1Cl. The van der Waals surface area contributed by atoms with Crippen LogP contribution in [0.15, 0.2) is 12.1 Å². The van der Waals surface area contributed by atoms with Crippen molar-refractivity contribution in [3.8, 4) is 11.5 Å². The van der Waals surface area contributed by atoms with Crippen molar-refractivity contribution in [2.24, 2.45) is 5.92 Å². The van der Waals surface area contributed by atoms with Crippen molar-refractivity contribution in [1.29, 1.82) is 0 Å². The molecule has 6 nitrogen and oxygen atoms in total. The molecule has 120 valence electrons. The molecule has 0 saturated carbocycles. The molecule has 1 aliphatic heterocycles. The van der Waals surface area contributed by atoms with Gasteiger partial charge < -0.3 is 19.5 Å². The van der Waals surface area contributed by atoms with Crippen LogP contribution in [0, 0.1) is 5.92 Å². The third-order valence-electron chi connectivity index (χ3n) is 3.76. The minimum Gasteiger partial charge on any atom is -0.496 e. The lowest BCUT2D eigenvalue weighted by molar-refractivity contribution is -0.143. The van der Waals surface area contributed by atoms with Crippen molar-refractivity contribution in [3.05, 3.63) is 22.7 Å². The van der Waals surface area contributed by atoms with E-state index in [0.717, 1.165) is 0 Å². The van der Waals surface area contributed by atoms with Crippen LogP contribution in [0.5, 0.6) is 11.5 Å². The van der Waals surface area contributed by atoms with Gasteiger partial charge in [0, 0.05) is 19.2 Å². The lowest BCUT2D eigenvalue weighted by Crippen LogP contribution is -2.42. The largest absolute Gasteiger partial charge is 0.496 e. The molecule has 1 aromatic carbocycles. The molecule has 0 bridgehead atoms. The van der Waals surface area contributed by atoms with E-state index in [-0.39, 0.29) is 12.5 Å². The lowest BCUT2D eigenvalue weighted by atomic mass is 9.97. The summed E-state index contributed by atoms with van der Waals surface area (Å²) < 4.78 is 10.3. The molecule has 1 amide bonds. The van der Waals surface area contributed by atoms with Gasteiger partial charge in [-0.3, -0.25) is 9.59 Å². The molecule has 0 aliphatic carbocycles. The van der Waals surface area contributed by atoms with Crippen molar-refractivity contribution >= 4 is 23.5 Å². The molecule has 7 heteroatoms. The number of carboxylic acid groups (broad SMARTS) is 1. The summed E-state index contributed by atoms with van der Waals surface area (Å²) in [4.78, 5) is 25.3. The highest BCUT2D eigenvalue weighted by Gasteiger charge is 2.30. The highest BCUT2D eigenvalue weighted by atomic mass is 35.5. The number of amides is 1. The molecule has 1 atom stereocenters. The average Bonchev–Trinajstić information content (AvgIpc) is 2.54. The van der Waals surface area contributed by atoms with Gasteiger partial charge in [0.2, 0.25) is 0 Å². The van der Waals surface area contributed by atoms with Crippen molar-refractivity contribution in [2.45, 2.75) is 12.8 Å². The van der Waals surface area contributed by atoms with Gasteiger partial charge in [-0.1, -0.05) is 11.6 Å². The van der Waals surface area contributed by atoms with Gasteiger partial charge in [0.25, 0.3) is 5.91 Å². The number of ether oxygens (including phenoxy) is 2. The quantitative estimate of drug-likeness (QED) is 0.918. The fourth-order valence-corrected chi connectivity index (χ4v) is 2.80. The number of benzene rings is 1. The van der Waals surface area contributed by atoms with E-state index in [9.17, 15) is 9.59 Å². The number of nitrogens with zero attached hydrogens (tertiary/aromatic N) is 1. The number of methoxy groups -OCH3 is 2. The Bertz CT molecular complexity index is 590. The smallest absolute Gasteiger partial charge is 0.308 e. The summed E-state index contributed by atoms with van der Waals surface area (Å²) >= 11 is 6.08. The molecule has 1 fully saturated rings. The molecule has 22 heavy (non-hydrogen) atoms. The van der Waals surface area contributed by atoms with Crippen LogP contribution >= 0.6 is 11.6 Å². The number of carbonyl (C=O) groups is 2. The third kappa shape index (κ3) is 3.27. The van der Waals surface area contributed by atoms with Crippen molar-refractivity contribution in [2.75, 3.05) is 27.3 Å². The first kappa shape index (κ1) is 16.4.